The monoisotopic (exact) mass is 490 g/mol. The highest BCUT2D eigenvalue weighted by Crippen LogP contribution is 2.26. The molecule has 174 valence electrons. The third-order valence-corrected chi connectivity index (χ3v) is 7.95. The molecule has 33 heavy (non-hydrogen) atoms. The SMILES string of the molecule is CC(=O)N1CCN(S(=O)(=O)c2cccc(C(=O)O[C@H](C)c3nnc(-c4cccs4)o3)c2)CC1. The lowest BCUT2D eigenvalue weighted by molar-refractivity contribution is -0.129. The Morgan fingerprint density at radius 1 is 1.12 bits per heavy atom. The molecule has 1 atom stereocenters. The summed E-state index contributed by atoms with van der Waals surface area (Å²) in [5.41, 5.74) is 0.0864. The molecule has 1 saturated heterocycles. The lowest BCUT2D eigenvalue weighted by atomic mass is 10.2. The average molecular weight is 491 g/mol. The highest BCUT2D eigenvalue weighted by Gasteiger charge is 2.30. The van der Waals surface area contributed by atoms with Crippen molar-refractivity contribution in [1.82, 2.24) is 19.4 Å². The first-order chi connectivity index (χ1) is 15.8. The van der Waals surface area contributed by atoms with Crippen LogP contribution in [0.3, 0.4) is 0 Å². The van der Waals surface area contributed by atoms with Gasteiger partial charge in [0, 0.05) is 33.1 Å². The maximum absolute atomic E-state index is 13.0. The third kappa shape index (κ3) is 4.97. The number of benzene rings is 1. The quantitative estimate of drug-likeness (QED) is 0.483. The molecule has 0 spiro atoms. The summed E-state index contributed by atoms with van der Waals surface area (Å²) in [6.07, 6.45) is -0.821. The number of rotatable bonds is 6. The largest absolute Gasteiger partial charge is 0.449 e. The molecule has 10 nitrogen and oxygen atoms in total. The number of sulfonamides is 1. The summed E-state index contributed by atoms with van der Waals surface area (Å²) in [7, 11) is -3.82. The van der Waals surface area contributed by atoms with E-state index in [1.54, 1.807) is 11.8 Å². The van der Waals surface area contributed by atoms with Crippen LogP contribution in [0.1, 0.15) is 36.2 Å². The lowest BCUT2D eigenvalue weighted by Gasteiger charge is -2.33. The molecule has 1 aliphatic rings. The van der Waals surface area contributed by atoms with E-state index in [1.165, 1.54) is 46.8 Å². The summed E-state index contributed by atoms with van der Waals surface area (Å²) in [6, 6.07) is 9.38. The molecule has 1 aliphatic heterocycles. The van der Waals surface area contributed by atoms with Crippen molar-refractivity contribution in [3.63, 3.8) is 0 Å². The van der Waals surface area contributed by atoms with E-state index in [0.717, 1.165) is 4.88 Å². The minimum atomic E-state index is -3.82. The van der Waals surface area contributed by atoms with E-state index in [-0.39, 0.29) is 35.3 Å². The Morgan fingerprint density at radius 2 is 1.88 bits per heavy atom. The molecule has 1 fully saturated rings. The van der Waals surface area contributed by atoms with Gasteiger partial charge in [-0.05, 0) is 36.6 Å². The Labute approximate surface area is 194 Å². The second kappa shape index (κ2) is 9.41. The maximum atomic E-state index is 13.0. The number of carbonyl (C=O) groups is 2. The third-order valence-electron chi connectivity index (χ3n) is 5.20. The molecule has 0 bridgehead atoms. The van der Waals surface area contributed by atoms with Crippen LogP contribution in [-0.2, 0) is 19.6 Å². The Kier molecular flexibility index (Phi) is 6.58. The predicted octanol–water partition coefficient (Wildman–Crippen LogP) is 2.57. The van der Waals surface area contributed by atoms with E-state index in [2.05, 4.69) is 10.2 Å². The highest BCUT2D eigenvalue weighted by atomic mass is 32.2. The summed E-state index contributed by atoms with van der Waals surface area (Å²) >= 11 is 1.44. The topological polar surface area (TPSA) is 123 Å². The molecule has 1 amide bonds. The van der Waals surface area contributed by atoms with E-state index >= 15 is 0 Å². The molecule has 4 rings (SSSR count). The number of hydrogen-bond donors (Lipinski definition) is 0. The van der Waals surface area contributed by atoms with Crippen LogP contribution in [0.4, 0.5) is 0 Å². The molecular weight excluding hydrogens is 468 g/mol. The van der Waals surface area contributed by atoms with Crippen LogP contribution in [-0.4, -0.2) is 65.9 Å². The average Bonchev–Trinajstić information content (AvgIpc) is 3.51. The zero-order chi connectivity index (χ0) is 23.6. The molecule has 1 aromatic carbocycles. The summed E-state index contributed by atoms with van der Waals surface area (Å²) in [6.45, 7) is 4.09. The van der Waals surface area contributed by atoms with Crippen molar-refractivity contribution in [3.05, 3.63) is 53.2 Å². The van der Waals surface area contributed by atoms with E-state index in [4.69, 9.17) is 9.15 Å². The fourth-order valence-corrected chi connectivity index (χ4v) is 5.47. The summed E-state index contributed by atoms with van der Waals surface area (Å²) < 4.78 is 38.4. The van der Waals surface area contributed by atoms with Crippen molar-refractivity contribution >= 4 is 33.2 Å². The second-order valence-corrected chi connectivity index (χ2v) is 10.3. The first kappa shape index (κ1) is 23.1. The molecule has 12 heteroatoms. The molecule has 3 heterocycles. The second-order valence-electron chi connectivity index (χ2n) is 7.41. The smallest absolute Gasteiger partial charge is 0.338 e. The first-order valence-corrected chi connectivity index (χ1v) is 12.5. The summed E-state index contributed by atoms with van der Waals surface area (Å²) in [4.78, 5) is 26.5. The van der Waals surface area contributed by atoms with E-state index in [9.17, 15) is 18.0 Å². The minimum Gasteiger partial charge on any atom is -0.449 e. The molecular formula is C21H22N4O6S2. The van der Waals surface area contributed by atoms with Crippen molar-refractivity contribution in [2.24, 2.45) is 0 Å². The molecule has 0 radical (unpaired) electrons. The van der Waals surface area contributed by atoms with Crippen LogP contribution in [0.2, 0.25) is 0 Å². The predicted molar refractivity (Wildman–Crippen MR) is 119 cm³/mol. The standard InChI is InChI=1S/C21H22N4O6S2/c1-14(19-22-23-20(31-19)18-7-4-12-32-18)30-21(27)16-5-3-6-17(13-16)33(28,29)25-10-8-24(9-11-25)15(2)26/h3-7,12-14H,8-11H2,1-2H3/t14-/m1/s1. The van der Waals surface area contributed by atoms with Gasteiger partial charge in [0.1, 0.15) is 0 Å². The summed E-state index contributed by atoms with van der Waals surface area (Å²) in [5, 5.41) is 9.79. The molecule has 0 N–H and O–H groups in total. The number of piperazine rings is 1. The van der Waals surface area contributed by atoms with Crippen molar-refractivity contribution in [1.29, 1.82) is 0 Å². The summed E-state index contributed by atoms with van der Waals surface area (Å²) in [5.74, 6) is -0.328. The minimum absolute atomic E-state index is 0.0151. The number of nitrogens with zero attached hydrogens (tertiary/aromatic N) is 4. The zero-order valence-electron chi connectivity index (χ0n) is 18.0. The highest BCUT2D eigenvalue weighted by molar-refractivity contribution is 7.89. The van der Waals surface area contributed by atoms with Gasteiger partial charge in [-0.1, -0.05) is 12.1 Å². The van der Waals surface area contributed by atoms with Gasteiger partial charge in [0.05, 0.1) is 15.3 Å². The van der Waals surface area contributed by atoms with Crippen molar-refractivity contribution < 1.29 is 27.2 Å². The number of amides is 1. The number of ether oxygens (including phenoxy) is 1. The van der Waals surface area contributed by atoms with Gasteiger partial charge in [-0.25, -0.2) is 13.2 Å². The number of hydrogen-bond acceptors (Lipinski definition) is 9. The zero-order valence-corrected chi connectivity index (χ0v) is 19.6. The maximum Gasteiger partial charge on any atom is 0.338 e. The van der Waals surface area contributed by atoms with Gasteiger partial charge in [0.25, 0.3) is 11.8 Å². The van der Waals surface area contributed by atoms with Gasteiger partial charge in [-0.15, -0.1) is 21.5 Å². The van der Waals surface area contributed by atoms with E-state index in [0.29, 0.717) is 19.0 Å². The first-order valence-electron chi connectivity index (χ1n) is 10.2. The lowest BCUT2D eigenvalue weighted by Crippen LogP contribution is -2.49. The van der Waals surface area contributed by atoms with Gasteiger partial charge in [-0.3, -0.25) is 4.79 Å². The Morgan fingerprint density at radius 3 is 2.55 bits per heavy atom. The Bertz CT molecular complexity index is 1250. The van der Waals surface area contributed by atoms with Crippen molar-refractivity contribution in [3.8, 4) is 10.8 Å². The van der Waals surface area contributed by atoms with Gasteiger partial charge < -0.3 is 14.1 Å². The van der Waals surface area contributed by atoms with Crippen LogP contribution in [0.25, 0.3) is 10.8 Å². The normalized spacial score (nSPS) is 15.9. The molecule has 0 saturated carbocycles. The molecule has 3 aromatic rings. The van der Waals surface area contributed by atoms with Crippen molar-refractivity contribution in [2.75, 3.05) is 26.2 Å². The van der Waals surface area contributed by atoms with Gasteiger partial charge in [0.15, 0.2) is 6.10 Å². The van der Waals surface area contributed by atoms with E-state index in [1.807, 2.05) is 17.5 Å². The number of aromatic nitrogens is 2. The van der Waals surface area contributed by atoms with Crippen molar-refractivity contribution in [2.45, 2.75) is 24.8 Å². The van der Waals surface area contributed by atoms with Crippen LogP contribution in [0.15, 0.2) is 51.1 Å². The fourth-order valence-electron chi connectivity index (χ4n) is 3.35. The van der Waals surface area contributed by atoms with Crippen LogP contribution >= 0.6 is 11.3 Å². The fraction of sp³-hybridized carbons (Fsp3) is 0.333. The number of esters is 1. The van der Waals surface area contributed by atoms with Crippen LogP contribution in [0, 0.1) is 0 Å². The van der Waals surface area contributed by atoms with Crippen LogP contribution < -0.4 is 0 Å². The Balaban J connectivity index is 1.45. The molecule has 0 unspecified atom stereocenters. The van der Waals surface area contributed by atoms with E-state index < -0.39 is 22.1 Å². The van der Waals surface area contributed by atoms with Crippen LogP contribution in [0.5, 0.6) is 0 Å². The van der Waals surface area contributed by atoms with Gasteiger partial charge >= 0.3 is 5.97 Å². The molecule has 0 aliphatic carbocycles. The number of carbonyl (C=O) groups excluding carboxylic acids is 2. The Hall–Kier alpha value is -3.09. The van der Waals surface area contributed by atoms with Gasteiger partial charge in [0.2, 0.25) is 15.9 Å². The van der Waals surface area contributed by atoms with Gasteiger partial charge in [-0.2, -0.15) is 4.31 Å². The molecule has 2 aromatic heterocycles. The number of thiophene rings is 1.